The largest absolute Gasteiger partial charge is 0.489 e. The standard InChI is InChI=1S/C22H28FN3O5S/c1-14-12-16(23)5-4-15(14)13-31-17-6-8-18(9-7-17)32(29,30)19-10-11-25-21(2,3)22(19,24)20(27)26-28/h4-9,12,19,25,28H,10-11,13,24H2,1-3H3,(H,26,27). The van der Waals surface area contributed by atoms with Gasteiger partial charge < -0.3 is 15.8 Å². The van der Waals surface area contributed by atoms with Crippen molar-refractivity contribution >= 4 is 15.7 Å². The predicted octanol–water partition coefficient (Wildman–Crippen LogP) is 1.83. The van der Waals surface area contributed by atoms with Gasteiger partial charge in [-0.05, 0) is 81.3 Å². The summed E-state index contributed by atoms with van der Waals surface area (Å²) in [5.41, 5.74) is 6.44. The number of hydroxylamine groups is 1. The molecule has 32 heavy (non-hydrogen) atoms. The molecule has 10 heteroatoms. The van der Waals surface area contributed by atoms with Crippen LogP contribution < -0.4 is 21.3 Å². The highest BCUT2D eigenvalue weighted by molar-refractivity contribution is 7.92. The van der Waals surface area contributed by atoms with E-state index in [4.69, 9.17) is 10.5 Å². The Morgan fingerprint density at radius 2 is 1.94 bits per heavy atom. The first-order valence-electron chi connectivity index (χ1n) is 10.1. The number of nitrogens with two attached hydrogens (primary N) is 1. The number of carbonyl (C=O) groups excluding carboxylic acids is 1. The first-order chi connectivity index (χ1) is 14.9. The molecule has 2 atom stereocenters. The molecule has 1 aliphatic rings. The number of hydrogen-bond donors (Lipinski definition) is 4. The Bertz CT molecular complexity index is 1110. The molecule has 2 unspecified atom stereocenters. The molecule has 0 spiro atoms. The van der Waals surface area contributed by atoms with Crippen LogP contribution in [-0.4, -0.2) is 42.4 Å². The molecule has 2 aromatic carbocycles. The fourth-order valence-electron chi connectivity index (χ4n) is 4.09. The van der Waals surface area contributed by atoms with Crippen molar-refractivity contribution in [2.24, 2.45) is 5.73 Å². The summed E-state index contributed by atoms with van der Waals surface area (Å²) in [6.45, 7) is 5.56. The molecule has 1 amide bonds. The van der Waals surface area contributed by atoms with Gasteiger partial charge in [0.25, 0.3) is 5.91 Å². The summed E-state index contributed by atoms with van der Waals surface area (Å²) in [4.78, 5) is 12.5. The highest BCUT2D eigenvalue weighted by atomic mass is 32.2. The lowest BCUT2D eigenvalue weighted by Gasteiger charge is -2.50. The molecule has 8 nitrogen and oxygen atoms in total. The Labute approximate surface area is 186 Å². The number of halogens is 1. The molecule has 0 saturated carbocycles. The maximum absolute atomic E-state index is 13.4. The van der Waals surface area contributed by atoms with Gasteiger partial charge in [-0.3, -0.25) is 10.0 Å². The summed E-state index contributed by atoms with van der Waals surface area (Å²) in [5.74, 6) is -0.865. The van der Waals surface area contributed by atoms with Crippen LogP contribution in [-0.2, 0) is 21.2 Å². The topological polar surface area (TPSA) is 131 Å². The molecule has 0 aromatic heterocycles. The third-order valence-corrected chi connectivity index (χ3v) is 8.50. The average Bonchev–Trinajstić information content (AvgIpc) is 2.74. The van der Waals surface area contributed by atoms with Gasteiger partial charge in [-0.1, -0.05) is 6.07 Å². The maximum atomic E-state index is 13.4. The molecule has 1 fully saturated rings. The number of rotatable bonds is 6. The van der Waals surface area contributed by atoms with Gasteiger partial charge in [0.05, 0.1) is 10.1 Å². The first-order valence-corrected chi connectivity index (χ1v) is 11.7. The molecule has 0 bridgehead atoms. The van der Waals surface area contributed by atoms with Crippen molar-refractivity contribution in [3.8, 4) is 5.75 Å². The van der Waals surface area contributed by atoms with Crippen molar-refractivity contribution in [2.45, 2.75) is 55.0 Å². The van der Waals surface area contributed by atoms with Crippen molar-refractivity contribution < 1.29 is 27.5 Å². The van der Waals surface area contributed by atoms with Crippen LogP contribution in [0.1, 0.15) is 31.4 Å². The summed E-state index contributed by atoms with van der Waals surface area (Å²) in [5, 5.41) is 11.0. The zero-order valence-corrected chi connectivity index (χ0v) is 19.0. The highest BCUT2D eigenvalue weighted by Gasteiger charge is 2.60. The van der Waals surface area contributed by atoms with E-state index in [2.05, 4.69) is 5.32 Å². The number of carbonyl (C=O) groups is 1. The Morgan fingerprint density at radius 1 is 1.28 bits per heavy atom. The van der Waals surface area contributed by atoms with Gasteiger partial charge >= 0.3 is 0 Å². The summed E-state index contributed by atoms with van der Waals surface area (Å²) < 4.78 is 45.8. The van der Waals surface area contributed by atoms with E-state index in [0.717, 1.165) is 11.1 Å². The quantitative estimate of drug-likeness (QED) is 0.378. The molecule has 2 aromatic rings. The van der Waals surface area contributed by atoms with Gasteiger partial charge in [-0.25, -0.2) is 18.3 Å². The van der Waals surface area contributed by atoms with Crippen molar-refractivity contribution in [3.63, 3.8) is 0 Å². The molecule has 0 radical (unpaired) electrons. The molecule has 1 aliphatic heterocycles. The van der Waals surface area contributed by atoms with Crippen LogP contribution in [0.5, 0.6) is 5.75 Å². The minimum absolute atomic E-state index is 0.00826. The number of sulfone groups is 1. The third-order valence-electron chi connectivity index (χ3n) is 6.22. The second-order valence-electron chi connectivity index (χ2n) is 8.51. The number of aryl methyl sites for hydroxylation is 1. The number of hydrogen-bond acceptors (Lipinski definition) is 7. The van der Waals surface area contributed by atoms with E-state index >= 15 is 0 Å². The van der Waals surface area contributed by atoms with Crippen LogP contribution in [0.25, 0.3) is 0 Å². The zero-order valence-electron chi connectivity index (χ0n) is 18.2. The molecule has 1 heterocycles. The zero-order chi connectivity index (χ0) is 23.7. The fraction of sp³-hybridized carbons (Fsp3) is 0.409. The van der Waals surface area contributed by atoms with Gasteiger partial charge in [0.2, 0.25) is 0 Å². The predicted molar refractivity (Wildman–Crippen MR) is 116 cm³/mol. The molecular formula is C22H28FN3O5S. The number of piperidine rings is 1. The lowest BCUT2D eigenvalue weighted by atomic mass is 9.73. The molecule has 3 rings (SSSR count). The number of nitrogens with one attached hydrogen (secondary N) is 2. The second-order valence-corrected chi connectivity index (χ2v) is 10.6. The van der Waals surface area contributed by atoms with Gasteiger partial charge in [0.15, 0.2) is 9.84 Å². The van der Waals surface area contributed by atoms with Crippen molar-refractivity contribution in [2.75, 3.05) is 6.54 Å². The number of amides is 1. The fourth-order valence-corrected chi connectivity index (χ4v) is 6.25. The molecule has 0 aliphatic carbocycles. The lowest BCUT2D eigenvalue weighted by molar-refractivity contribution is -0.138. The summed E-state index contributed by atoms with van der Waals surface area (Å²) in [6.07, 6.45) is 0.0950. The van der Waals surface area contributed by atoms with Crippen molar-refractivity contribution in [1.82, 2.24) is 10.8 Å². The second kappa shape index (κ2) is 8.78. The highest BCUT2D eigenvalue weighted by Crippen LogP contribution is 2.36. The van der Waals surface area contributed by atoms with Crippen LogP contribution in [0, 0.1) is 12.7 Å². The van der Waals surface area contributed by atoms with E-state index in [-0.39, 0.29) is 23.7 Å². The maximum Gasteiger partial charge on any atom is 0.266 e. The van der Waals surface area contributed by atoms with E-state index in [1.807, 2.05) is 0 Å². The number of benzene rings is 2. The van der Waals surface area contributed by atoms with Crippen LogP contribution in [0.15, 0.2) is 47.4 Å². The van der Waals surface area contributed by atoms with Gasteiger partial charge in [0, 0.05) is 5.54 Å². The van der Waals surface area contributed by atoms with Crippen molar-refractivity contribution in [1.29, 1.82) is 0 Å². The molecule has 5 N–H and O–H groups in total. The van der Waals surface area contributed by atoms with E-state index in [1.54, 1.807) is 26.8 Å². The monoisotopic (exact) mass is 465 g/mol. The summed E-state index contributed by atoms with van der Waals surface area (Å²) in [7, 11) is -4.03. The van der Waals surface area contributed by atoms with Gasteiger partial charge in [-0.15, -0.1) is 0 Å². The number of ether oxygens (including phenoxy) is 1. The Balaban J connectivity index is 1.84. The van der Waals surface area contributed by atoms with Gasteiger partial charge in [0.1, 0.15) is 23.7 Å². The van der Waals surface area contributed by atoms with Gasteiger partial charge in [-0.2, -0.15) is 0 Å². The normalized spacial score (nSPS) is 22.9. The summed E-state index contributed by atoms with van der Waals surface area (Å²) in [6, 6.07) is 10.2. The minimum Gasteiger partial charge on any atom is -0.489 e. The van der Waals surface area contributed by atoms with Crippen LogP contribution in [0.4, 0.5) is 4.39 Å². The third kappa shape index (κ3) is 4.23. The SMILES string of the molecule is Cc1cc(F)ccc1COc1ccc(S(=O)(=O)C2CCNC(C)(C)C2(N)C(=O)NO)cc1. The van der Waals surface area contributed by atoms with Crippen LogP contribution in [0.3, 0.4) is 0 Å². The van der Waals surface area contributed by atoms with E-state index < -0.39 is 32.1 Å². The first kappa shape index (κ1) is 24.1. The van der Waals surface area contributed by atoms with Crippen LogP contribution >= 0.6 is 0 Å². The Kier molecular flexibility index (Phi) is 6.62. The Hall–Kier alpha value is -2.53. The lowest BCUT2D eigenvalue weighted by Crippen LogP contribution is -2.79. The average molecular weight is 466 g/mol. The van der Waals surface area contributed by atoms with Crippen molar-refractivity contribution in [3.05, 3.63) is 59.4 Å². The minimum atomic E-state index is -4.03. The van der Waals surface area contributed by atoms with E-state index in [9.17, 15) is 22.8 Å². The Morgan fingerprint density at radius 3 is 2.53 bits per heavy atom. The van der Waals surface area contributed by atoms with Crippen LogP contribution in [0.2, 0.25) is 0 Å². The molecule has 1 saturated heterocycles. The van der Waals surface area contributed by atoms with E-state index in [1.165, 1.54) is 41.9 Å². The molecular weight excluding hydrogens is 437 g/mol. The smallest absolute Gasteiger partial charge is 0.266 e. The molecule has 174 valence electrons. The summed E-state index contributed by atoms with van der Waals surface area (Å²) >= 11 is 0. The van der Waals surface area contributed by atoms with E-state index in [0.29, 0.717) is 12.3 Å².